The van der Waals surface area contributed by atoms with Crippen LogP contribution >= 0.6 is 0 Å². The smallest absolute Gasteiger partial charge is 0.295 e. The molecule has 1 fully saturated rings. The van der Waals surface area contributed by atoms with E-state index in [4.69, 9.17) is 4.74 Å². The quantitative estimate of drug-likeness (QED) is 0.338. The number of hydrogen-bond acceptors (Lipinski definition) is 5. The Labute approximate surface area is 186 Å². The molecule has 1 atom stereocenters. The Kier molecular flexibility index (Phi) is 6.01. The van der Waals surface area contributed by atoms with E-state index in [1.54, 1.807) is 30.3 Å². The fourth-order valence-electron chi connectivity index (χ4n) is 4.21. The maximum Gasteiger partial charge on any atom is 0.295 e. The summed E-state index contributed by atoms with van der Waals surface area (Å²) in [5.41, 5.74) is 2.20. The van der Waals surface area contributed by atoms with Gasteiger partial charge in [-0.3, -0.25) is 9.59 Å². The van der Waals surface area contributed by atoms with Crippen molar-refractivity contribution in [2.45, 2.75) is 12.5 Å². The molecular formula is C25H27N3O4. The molecule has 32 heavy (non-hydrogen) atoms. The van der Waals surface area contributed by atoms with Gasteiger partial charge in [-0.25, -0.2) is 0 Å². The summed E-state index contributed by atoms with van der Waals surface area (Å²) in [6.45, 7) is 1.19. The summed E-state index contributed by atoms with van der Waals surface area (Å²) in [5, 5.41) is 12.1. The number of para-hydroxylation sites is 1. The van der Waals surface area contributed by atoms with Gasteiger partial charge in [-0.2, -0.15) is 0 Å². The number of amides is 1. The predicted molar refractivity (Wildman–Crippen MR) is 123 cm³/mol. The first-order valence-corrected chi connectivity index (χ1v) is 10.6. The maximum absolute atomic E-state index is 13.1. The average molecular weight is 434 g/mol. The zero-order chi connectivity index (χ0) is 22.8. The van der Waals surface area contributed by atoms with Gasteiger partial charge in [-0.05, 0) is 50.8 Å². The highest BCUT2D eigenvalue weighted by molar-refractivity contribution is 6.46. The van der Waals surface area contributed by atoms with Gasteiger partial charge in [0.25, 0.3) is 11.7 Å². The van der Waals surface area contributed by atoms with Gasteiger partial charge in [0.15, 0.2) is 0 Å². The monoisotopic (exact) mass is 433 g/mol. The lowest BCUT2D eigenvalue weighted by Crippen LogP contribution is -2.32. The molecule has 7 heteroatoms. The number of carbonyl (C=O) groups excluding carboxylic acids is 2. The summed E-state index contributed by atoms with van der Waals surface area (Å²) in [6, 6.07) is 14.1. The molecule has 1 aromatic heterocycles. The number of benzene rings is 2. The van der Waals surface area contributed by atoms with Crippen molar-refractivity contribution in [3.05, 3.63) is 71.4 Å². The average Bonchev–Trinajstić information content (AvgIpc) is 3.33. The summed E-state index contributed by atoms with van der Waals surface area (Å²) in [7, 11) is 5.51. The molecule has 3 aromatic rings. The Morgan fingerprint density at radius 1 is 1.12 bits per heavy atom. The first kappa shape index (κ1) is 21.6. The van der Waals surface area contributed by atoms with Gasteiger partial charge in [0.2, 0.25) is 0 Å². The fourth-order valence-corrected chi connectivity index (χ4v) is 4.21. The minimum absolute atomic E-state index is 0.106. The van der Waals surface area contributed by atoms with Gasteiger partial charge >= 0.3 is 0 Å². The number of aliphatic hydroxyl groups is 1. The number of Topliss-reactive ketones (excluding diaryl/α,β-unsaturated/α-hetero) is 1. The first-order valence-electron chi connectivity index (χ1n) is 10.6. The van der Waals surface area contributed by atoms with Gasteiger partial charge in [0, 0.05) is 29.2 Å². The van der Waals surface area contributed by atoms with Gasteiger partial charge in [0.1, 0.15) is 11.5 Å². The van der Waals surface area contributed by atoms with E-state index in [1.165, 1.54) is 0 Å². The lowest BCUT2D eigenvalue weighted by atomic mass is 9.95. The molecule has 0 aliphatic carbocycles. The molecule has 2 heterocycles. The number of aromatic nitrogens is 1. The zero-order valence-corrected chi connectivity index (χ0v) is 18.5. The van der Waals surface area contributed by atoms with Crippen LogP contribution in [0, 0.1) is 0 Å². The van der Waals surface area contributed by atoms with Crippen LogP contribution in [-0.4, -0.2) is 65.9 Å². The third kappa shape index (κ3) is 3.87. The highest BCUT2D eigenvalue weighted by Crippen LogP contribution is 2.40. The third-order valence-electron chi connectivity index (χ3n) is 5.82. The Bertz CT molecular complexity index is 1180. The molecule has 166 valence electrons. The Morgan fingerprint density at radius 2 is 1.84 bits per heavy atom. The van der Waals surface area contributed by atoms with Gasteiger partial charge in [-0.15, -0.1) is 0 Å². The van der Waals surface area contributed by atoms with E-state index in [-0.39, 0.29) is 11.3 Å². The summed E-state index contributed by atoms with van der Waals surface area (Å²) in [5.74, 6) is -0.754. The van der Waals surface area contributed by atoms with Crippen molar-refractivity contribution in [2.75, 3.05) is 34.3 Å². The van der Waals surface area contributed by atoms with Crippen LogP contribution < -0.4 is 4.74 Å². The highest BCUT2D eigenvalue weighted by Gasteiger charge is 2.46. The van der Waals surface area contributed by atoms with Crippen LogP contribution in [0.2, 0.25) is 0 Å². The van der Waals surface area contributed by atoms with E-state index in [1.807, 2.05) is 55.4 Å². The van der Waals surface area contributed by atoms with Crippen molar-refractivity contribution in [1.29, 1.82) is 0 Å². The van der Waals surface area contributed by atoms with E-state index in [9.17, 15) is 14.7 Å². The molecule has 7 nitrogen and oxygen atoms in total. The van der Waals surface area contributed by atoms with E-state index in [0.717, 1.165) is 23.0 Å². The molecule has 0 unspecified atom stereocenters. The maximum atomic E-state index is 13.1. The number of nitrogens with zero attached hydrogens (tertiary/aromatic N) is 2. The van der Waals surface area contributed by atoms with E-state index in [0.29, 0.717) is 24.3 Å². The van der Waals surface area contributed by atoms with Crippen LogP contribution in [0.4, 0.5) is 0 Å². The number of methoxy groups -OCH3 is 1. The van der Waals surface area contributed by atoms with Gasteiger partial charge in [0.05, 0.1) is 18.7 Å². The molecular weight excluding hydrogens is 406 g/mol. The van der Waals surface area contributed by atoms with E-state index >= 15 is 0 Å². The fraction of sp³-hybridized carbons (Fsp3) is 0.280. The topological polar surface area (TPSA) is 85.9 Å². The zero-order valence-electron chi connectivity index (χ0n) is 18.5. The summed E-state index contributed by atoms with van der Waals surface area (Å²) in [4.78, 5) is 32.9. The second-order valence-corrected chi connectivity index (χ2v) is 8.17. The summed E-state index contributed by atoms with van der Waals surface area (Å²) in [6.07, 6.45) is 2.38. The molecule has 0 radical (unpaired) electrons. The number of ether oxygens (including phenoxy) is 1. The second-order valence-electron chi connectivity index (χ2n) is 8.17. The third-order valence-corrected chi connectivity index (χ3v) is 5.82. The molecule has 1 amide bonds. The molecule has 4 rings (SSSR count). The van der Waals surface area contributed by atoms with Crippen molar-refractivity contribution in [3.63, 3.8) is 0 Å². The predicted octanol–water partition coefficient (Wildman–Crippen LogP) is 3.55. The van der Waals surface area contributed by atoms with Crippen LogP contribution in [0.1, 0.15) is 23.6 Å². The molecule has 2 aromatic carbocycles. The number of ketones is 1. The number of hydrogen-bond donors (Lipinski definition) is 2. The minimum Gasteiger partial charge on any atom is -0.507 e. The van der Waals surface area contributed by atoms with Crippen LogP contribution in [0.5, 0.6) is 5.75 Å². The van der Waals surface area contributed by atoms with Crippen molar-refractivity contribution >= 4 is 28.4 Å². The number of aliphatic hydroxyl groups excluding tert-OH is 1. The number of likely N-dealkylation sites (tertiary alicyclic amines) is 1. The normalized spacial score (nSPS) is 18.1. The van der Waals surface area contributed by atoms with Crippen LogP contribution in [0.3, 0.4) is 0 Å². The van der Waals surface area contributed by atoms with Crippen molar-refractivity contribution in [2.24, 2.45) is 0 Å². The molecule has 0 bridgehead atoms. The number of H-pyrrole nitrogens is 1. The molecule has 0 spiro atoms. The number of aromatic amines is 1. The lowest BCUT2D eigenvalue weighted by Gasteiger charge is -2.26. The number of carbonyl (C=O) groups is 2. The molecule has 1 aliphatic heterocycles. The van der Waals surface area contributed by atoms with E-state index in [2.05, 4.69) is 4.98 Å². The number of fused-ring (bicyclic) bond motifs is 1. The van der Waals surface area contributed by atoms with Gasteiger partial charge in [-0.1, -0.05) is 30.3 Å². The second kappa shape index (κ2) is 8.88. The number of nitrogens with one attached hydrogen (secondary N) is 1. The lowest BCUT2D eigenvalue weighted by molar-refractivity contribution is -0.139. The Morgan fingerprint density at radius 3 is 2.53 bits per heavy atom. The minimum atomic E-state index is -0.670. The summed E-state index contributed by atoms with van der Waals surface area (Å²) < 4.78 is 5.26. The largest absolute Gasteiger partial charge is 0.507 e. The Balaban J connectivity index is 1.83. The highest BCUT2D eigenvalue weighted by atomic mass is 16.5. The molecule has 1 saturated heterocycles. The van der Waals surface area contributed by atoms with Crippen molar-refractivity contribution < 1.29 is 19.4 Å². The standard InChI is InChI=1S/C25H27N3O4/c1-27(2)13-6-14-28-22(16-9-11-17(32-3)12-10-16)21(24(30)25(28)31)23(29)19-15-26-20-8-5-4-7-18(19)20/h4-5,7-12,15,22,26,29H,6,13-14H2,1-3H3/t22-/m0/s1. The first-order chi connectivity index (χ1) is 15.4. The molecule has 0 saturated carbocycles. The van der Waals surface area contributed by atoms with E-state index < -0.39 is 17.7 Å². The van der Waals surface area contributed by atoms with Crippen LogP contribution in [0.25, 0.3) is 16.7 Å². The van der Waals surface area contributed by atoms with Crippen molar-refractivity contribution in [1.82, 2.24) is 14.8 Å². The SMILES string of the molecule is COc1ccc([C@H]2C(=C(O)c3c[nH]c4ccccc34)C(=O)C(=O)N2CCCN(C)C)cc1. The van der Waals surface area contributed by atoms with Crippen LogP contribution in [-0.2, 0) is 9.59 Å². The van der Waals surface area contributed by atoms with Crippen molar-refractivity contribution in [3.8, 4) is 5.75 Å². The Hall–Kier alpha value is -3.58. The van der Waals surface area contributed by atoms with Crippen LogP contribution in [0.15, 0.2) is 60.3 Å². The molecule has 1 aliphatic rings. The molecule has 2 N–H and O–H groups in total. The summed E-state index contributed by atoms with van der Waals surface area (Å²) >= 11 is 0. The van der Waals surface area contributed by atoms with Gasteiger partial charge < -0.3 is 24.6 Å². The number of rotatable bonds is 7.